The average molecular weight is 353 g/mol. The molecule has 2 aromatic rings. The maximum absolute atomic E-state index is 12.9. The van der Waals surface area contributed by atoms with Crippen molar-refractivity contribution < 1.29 is 4.79 Å². The van der Waals surface area contributed by atoms with Crippen molar-refractivity contribution in [1.82, 2.24) is 0 Å². The quantitative estimate of drug-likeness (QED) is 0.705. The van der Waals surface area contributed by atoms with Gasteiger partial charge in [0.15, 0.2) is 5.78 Å². The summed E-state index contributed by atoms with van der Waals surface area (Å²) in [6.45, 7) is 4.32. The normalized spacial score (nSPS) is 21.6. The zero-order valence-corrected chi connectivity index (χ0v) is 15.2. The fraction of sp³-hybridized carbons (Fsp3) is 0.286. The van der Waals surface area contributed by atoms with Gasteiger partial charge in [-0.1, -0.05) is 49.7 Å². The van der Waals surface area contributed by atoms with Crippen molar-refractivity contribution >= 4 is 28.8 Å². The van der Waals surface area contributed by atoms with Crippen LogP contribution in [-0.2, 0) is 4.79 Å². The number of carbonyl (C=O) groups excluding carboxylic acids is 1. The van der Waals surface area contributed by atoms with Crippen LogP contribution >= 0.6 is 11.6 Å². The maximum Gasteiger partial charge on any atom is 0.179 e. The molecule has 4 heteroatoms. The van der Waals surface area contributed by atoms with Crippen LogP contribution in [0.4, 0.5) is 11.4 Å². The third kappa shape index (κ3) is 3.05. The standard InChI is InChI=1S/C21H21ClN2O/c1-21(2)11-15-19(13-7-9-14(22)10-8-13)23-16-5-3-4-6-17(16)24-20(15)18(25)12-21/h3-10,19,23-24H,11-12H2,1-2H3. The molecule has 1 unspecified atom stereocenters. The van der Waals surface area contributed by atoms with E-state index in [1.807, 2.05) is 48.5 Å². The van der Waals surface area contributed by atoms with Crippen molar-refractivity contribution in [3.63, 3.8) is 0 Å². The van der Waals surface area contributed by atoms with Gasteiger partial charge < -0.3 is 10.6 Å². The molecule has 25 heavy (non-hydrogen) atoms. The van der Waals surface area contributed by atoms with Crippen LogP contribution in [0, 0.1) is 5.41 Å². The summed E-state index contributed by atoms with van der Waals surface area (Å²) in [4.78, 5) is 12.9. The van der Waals surface area contributed by atoms with E-state index in [1.54, 1.807) is 0 Å². The van der Waals surface area contributed by atoms with Gasteiger partial charge in [0, 0.05) is 11.4 Å². The lowest BCUT2D eigenvalue weighted by molar-refractivity contribution is -0.118. The topological polar surface area (TPSA) is 41.1 Å². The smallest absolute Gasteiger partial charge is 0.179 e. The Balaban J connectivity index is 1.88. The zero-order chi connectivity index (χ0) is 17.6. The average Bonchev–Trinajstić information content (AvgIpc) is 2.72. The number of allylic oxidation sites excluding steroid dienone is 1. The summed E-state index contributed by atoms with van der Waals surface area (Å²) >= 11 is 6.07. The Bertz CT molecular complexity index is 868. The predicted octanol–water partition coefficient (Wildman–Crippen LogP) is 5.56. The van der Waals surface area contributed by atoms with Gasteiger partial charge in [-0.3, -0.25) is 4.79 Å². The van der Waals surface area contributed by atoms with Gasteiger partial charge in [-0.05, 0) is 47.2 Å². The van der Waals surface area contributed by atoms with Gasteiger partial charge in [-0.2, -0.15) is 0 Å². The van der Waals surface area contributed by atoms with Crippen LogP contribution in [0.15, 0.2) is 59.8 Å². The molecule has 2 aliphatic rings. The fourth-order valence-electron chi connectivity index (χ4n) is 3.80. The van der Waals surface area contributed by atoms with Crippen LogP contribution in [0.3, 0.4) is 0 Å². The van der Waals surface area contributed by atoms with E-state index >= 15 is 0 Å². The lowest BCUT2D eigenvalue weighted by Crippen LogP contribution is -2.31. The minimum absolute atomic E-state index is 0.0412. The molecule has 0 fully saturated rings. The number of halogens is 1. The van der Waals surface area contributed by atoms with Crippen molar-refractivity contribution in [1.29, 1.82) is 0 Å². The second-order valence-electron chi connectivity index (χ2n) is 7.64. The van der Waals surface area contributed by atoms with Gasteiger partial charge in [0.05, 0.1) is 23.1 Å². The minimum Gasteiger partial charge on any atom is -0.373 e. The molecule has 0 saturated heterocycles. The summed E-state index contributed by atoms with van der Waals surface area (Å²) in [5.41, 5.74) is 4.89. The highest BCUT2D eigenvalue weighted by Crippen LogP contribution is 2.46. The van der Waals surface area contributed by atoms with Gasteiger partial charge in [0.25, 0.3) is 0 Å². The van der Waals surface area contributed by atoms with Gasteiger partial charge in [-0.25, -0.2) is 0 Å². The molecule has 1 aliphatic carbocycles. The van der Waals surface area contributed by atoms with Crippen LogP contribution in [0.25, 0.3) is 0 Å². The molecule has 1 aliphatic heterocycles. The summed E-state index contributed by atoms with van der Waals surface area (Å²) in [6.07, 6.45) is 1.43. The first-order chi connectivity index (χ1) is 11.9. The molecule has 0 saturated carbocycles. The summed E-state index contributed by atoms with van der Waals surface area (Å²) in [5.74, 6) is 0.184. The Kier molecular flexibility index (Phi) is 3.84. The largest absolute Gasteiger partial charge is 0.373 e. The summed E-state index contributed by atoms with van der Waals surface area (Å²) in [7, 11) is 0. The third-order valence-corrected chi connectivity index (χ3v) is 5.20. The molecule has 0 bridgehead atoms. The van der Waals surface area contributed by atoms with Crippen LogP contribution in [0.2, 0.25) is 5.02 Å². The maximum atomic E-state index is 12.9. The van der Waals surface area contributed by atoms with Gasteiger partial charge in [-0.15, -0.1) is 0 Å². The number of Topliss-reactive ketones (excluding diaryl/α,β-unsaturated/α-hetero) is 1. The van der Waals surface area contributed by atoms with Crippen molar-refractivity contribution in [3.05, 3.63) is 70.4 Å². The number of hydrogen-bond acceptors (Lipinski definition) is 3. The van der Waals surface area contributed by atoms with Crippen molar-refractivity contribution in [2.75, 3.05) is 10.6 Å². The number of carbonyl (C=O) groups is 1. The highest BCUT2D eigenvalue weighted by Gasteiger charge is 2.38. The number of benzene rings is 2. The van der Waals surface area contributed by atoms with E-state index in [4.69, 9.17) is 11.6 Å². The summed E-state index contributed by atoms with van der Waals surface area (Å²) in [6, 6.07) is 15.8. The van der Waals surface area contributed by atoms with Crippen molar-refractivity contribution in [2.24, 2.45) is 5.41 Å². The van der Waals surface area contributed by atoms with Gasteiger partial charge in [0.2, 0.25) is 0 Å². The molecule has 3 nitrogen and oxygen atoms in total. The molecule has 0 spiro atoms. The molecule has 1 heterocycles. The molecular weight excluding hydrogens is 332 g/mol. The number of ketones is 1. The van der Waals surface area contributed by atoms with Crippen molar-refractivity contribution in [2.45, 2.75) is 32.7 Å². The molecule has 128 valence electrons. The lowest BCUT2D eigenvalue weighted by atomic mass is 9.73. The number of hydrogen-bond donors (Lipinski definition) is 2. The van der Waals surface area contributed by atoms with E-state index < -0.39 is 0 Å². The molecule has 4 rings (SSSR count). The highest BCUT2D eigenvalue weighted by molar-refractivity contribution is 6.30. The number of anilines is 2. The second kappa shape index (κ2) is 5.92. The van der Waals surface area contributed by atoms with Gasteiger partial charge in [0.1, 0.15) is 0 Å². The second-order valence-corrected chi connectivity index (χ2v) is 8.08. The Labute approximate surface area is 153 Å². The van der Waals surface area contributed by atoms with Crippen LogP contribution in [0.5, 0.6) is 0 Å². The first-order valence-corrected chi connectivity index (χ1v) is 8.95. The van der Waals surface area contributed by atoms with Gasteiger partial charge >= 0.3 is 0 Å². The zero-order valence-electron chi connectivity index (χ0n) is 14.4. The van der Waals surface area contributed by atoms with E-state index in [-0.39, 0.29) is 17.2 Å². The molecule has 2 N–H and O–H groups in total. The van der Waals surface area contributed by atoms with E-state index in [0.717, 1.165) is 34.6 Å². The van der Waals surface area contributed by atoms with E-state index in [0.29, 0.717) is 11.4 Å². The fourth-order valence-corrected chi connectivity index (χ4v) is 3.93. The Morgan fingerprint density at radius 2 is 1.68 bits per heavy atom. The highest BCUT2D eigenvalue weighted by atomic mass is 35.5. The Morgan fingerprint density at radius 1 is 1.00 bits per heavy atom. The number of rotatable bonds is 1. The molecule has 2 aromatic carbocycles. The molecule has 0 radical (unpaired) electrons. The van der Waals surface area contributed by atoms with Crippen LogP contribution in [0.1, 0.15) is 38.3 Å². The molecule has 0 amide bonds. The summed E-state index contributed by atoms with van der Waals surface area (Å²) in [5, 5.41) is 7.75. The number of fused-ring (bicyclic) bond motifs is 1. The van der Waals surface area contributed by atoms with E-state index in [1.165, 1.54) is 0 Å². The Morgan fingerprint density at radius 3 is 2.40 bits per heavy atom. The van der Waals surface area contributed by atoms with Crippen LogP contribution in [-0.4, -0.2) is 5.78 Å². The lowest BCUT2D eigenvalue weighted by Gasteiger charge is -2.35. The first kappa shape index (κ1) is 16.2. The molecule has 0 aromatic heterocycles. The third-order valence-electron chi connectivity index (χ3n) is 4.95. The first-order valence-electron chi connectivity index (χ1n) is 8.57. The Hall–Kier alpha value is -2.26. The van der Waals surface area contributed by atoms with Crippen LogP contribution < -0.4 is 10.6 Å². The van der Waals surface area contributed by atoms with E-state index in [9.17, 15) is 4.79 Å². The predicted molar refractivity (Wildman–Crippen MR) is 103 cm³/mol. The SMILES string of the molecule is CC1(C)CC(=O)C2=C(C1)C(c1ccc(Cl)cc1)Nc1ccccc1N2. The molecular formula is C21H21ClN2O. The minimum atomic E-state index is -0.0491. The molecule has 1 atom stereocenters. The van der Waals surface area contributed by atoms with Crippen molar-refractivity contribution in [3.8, 4) is 0 Å². The summed E-state index contributed by atoms with van der Waals surface area (Å²) < 4.78 is 0. The number of nitrogens with one attached hydrogen (secondary N) is 2. The number of para-hydroxylation sites is 2. The van der Waals surface area contributed by atoms with E-state index in [2.05, 4.69) is 24.5 Å². The monoisotopic (exact) mass is 352 g/mol.